The van der Waals surface area contributed by atoms with Crippen LogP contribution in [0.25, 0.3) is 67.5 Å². The van der Waals surface area contributed by atoms with Gasteiger partial charge in [0.25, 0.3) is 0 Å². The third-order valence-electron chi connectivity index (χ3n) is 14.3. The second-order valence-electron chi connectivity index (χ2n) is 17.8. The fourth-order valence-electron chi connectivity index (χ4n) is 11.4. The Hall–Kier alpha value is -8.79. The second kappa shape index (κ2) is 16.0. The van der Waals surface area contributed by atoms with Gasteiger partial charge in [-0.3, -0.25) is 0 Å². The van der Waals surface area contributed by atoms with Crippen LogP contribution in [0.4, 0.5) is 0 Å². The van der Waals surface area contributed by atoms with Crippen LogP contribution in [0.1, 0.15) is 44.5 Å². The maximum Gasteiger partial charge on any atom is 0.164 e. The first-order chi connectivity index (χ1) is 33.7. The predicted octanol–water partition coefficient (Wildman–Crippen LogP) is 15.3. The molecule has 0 atom stereocenters. The highest BCUT2D eigenvalue weighted by Gasteiger charge is 2.56. The molecule has 2 aliphatic carbocycles. The summed E-state index contributed by atoms with van der Waals surface area (Å²) in [5.74, 6) is 1.91. The van der Waals surface area contributed by atoms with Crippen molar-refractivity contribution in [2.45, 2.75) is 10.8 Å². The van der Waals surface area contributed by atoms with Crippen molar-refractivity contribution >= 4 is 0 Å². The second-order valence-corrected chi connectivity index (χ2v) is 17.8. The molecule has 0 saturated heterocycles. The molecule has 0 amide bonds. The Labute approximate surface area is 396 Å². The van der Waals surface area contributed by atoms with Crippen LogP contribution in [0.3, 0.4) is 0 Å². The summed E-state index contributed by atoms with van der Waals surface area (Å²) in [6.07, 6.45) is 0. The smallest absolute Gasteiger partial charge is 0.164 e. The number of hydrogen-bond donors (Lipinski definition) is 0. The van der Waals surface area contributed by atoms with Crippen LogP contribution in [0.5, 0.6) is 0 Å². The predicted molar refractivity (Wildman–Crippen MR) is 276 cm³/mol. The topological polar surface area (TPSA) is 38.7 Å². The van der Waals surface area contributed by atoms with Gasteiger partial charge in [0.15, 0.2) is 17.5 Å². The van der Waals surface area contributed by atoms with Gasteiger partial charge in [-0.2, -0.15) is 0 Å². The van der Waals surface area contributed by atoms with Crippen molar-refractivity contribution in [1.29, 1.82) is 0 Å². The lowest BCUT2D eigenvalue weighted by Gasteiger charge is -2.50. The van der Waals surface area contributed by atoms with Crippen LogP contribution in [0.15, 0.2) is 261 Å². The van der Waals surface area contributed by atoms with Gasteiger partial charge in [0.2, 0.25) is 0 Å². The third-order valence-corrected chi connectivity index (χ3v) is 14.3. The van der Waals surface area contributed by atoms with Crippen molar-refractivity contribution in [3.8, 4) is 67.5 Å². The minimum Gasteiger partial charge on any atom is -0.208 e. The van der Waals surface area contributed by atoms with Crippen molar-refractivity contribution in [2.75, 3.05) is 0 Å². The van der Waals surface area contributed by atoms with E-state index < -0.39 is 10.8 Å². The minimum absolute atomic E-state index is 0.533. The largest absolute Gasteiger partial charge is 0.208 e. The van der Waals surface area contributed by atoms with E-state index in [-0.39, 0.29) is 0 Å². The average molecular weight is 866 g/mol. The van der Waals surface area contributed by atoms with Crippen LogP contribution < -0.4 is 0 Å². The minimum atomic E-state index is -0.538. The van der Waals surface area contributed by atoms with E-state index in [1.54, 1.807) is 0 Å². The van der Waals surface area contributed by atoms with E-state index >= 15 is 0 Å². The Morgan fingerprint density at radius 3 is 1.00 bits per heavy atom. The number of nitrogens with zero attached hydrogens (tertiary/aromatic N) is 3. The fraction of sp³-hybridized carbons (Fsp3) is 0.0308. The molecule has 0 radical (unpaired) electrons. The van der Waals surface area contributed by atoms with Crippen LogP contribution in [-0.4, -0.2) is 15.0 Å². The molecule has 0 saturated carbocycles. The Bertz CT molecular complexity index is 3550. The van der Waals surface area contributed by atoms with Gasteiger partial charge in [0.1, 0.15) is 0 Å². The van der Waals surface area contributed by atoms with Crippen LogP contribution in [-0.2, 0) is 10.8 Å². The molecule has 11 aromatic rings. The third kappa shape index (κ3) is 6.02. The lowest BCUT2D eigenvalue weighted by molar-refractivity contribution is 0.623. The number of aromatic nitrogens is 3. The summed E-state index contributed by atoms with van der Waals surface area (Å²) in [4.78, 5) is 15.1. The summed E-state index contributed by atoms with van der Waals surface area (Å²) < 4.78 is 0. The molecule has 2 aliphatic rings. The molecular weight excluding hydrogens is 823 g/mol. The molecule has 10 aromatic carbocycles. The Morgan fingerprint density at radius 2 is 0.515 bits per heavy atom. The summed E-state index contributed by atoms with van der Waals surface area (Å²) in [6.45, 7) is 0. The molecule has 318 valence electrons. The molecule has 1 spiro atoms. The van der Waals surface area contributed by atoms with Crippen molar-refractivity contribution in [2.24, 2.45) is 0 Å². The van der Waals surface area contributed by atoms with Crippen molar-refractivity contribution < 1.29 is 0 Å². The number of rotatable bonds is 7. The van der Waals surface area contributed by atoms with Gasteiger partial charge < -0.3 is 0 Å². The average Bonchev–Trinajstić information content (AvgIpc) is 3.72. The molecular formula is C65H43N3. The molecule has 3 nitrogen and oxygen atoms in total. The zero-order valence-corrected chi connectivity index (χ0v) is 37.2. The molecule has 68 heavy (non-hydrogen) atoms. The normalized spacial score (nSPS) is 13.5. The van der Waals surface area contributed by atoms with E-state index in [2.05, 4.69) is 224 Å². The van der Waals surface area contributed by atoms with Gasteiger partial charge in [0.05, 0.1) is 10.8 Å². The van der Waals surface area contributed by atoms with Gasteiger partial charge in [0, 0.05) is 16.7 Å². The van der Waals surface area contributed by atoms with Gasteiger partial charge in [-0.1, -0.05) is 255 Å². The lowest BCUT2D eigenvalue weighted by Crippen LogP contribution is -2.44. The van der Waals surface area contributed by atoms with E-state index in [1.807, 2.05) is 36.4 Å². The zero-order chi connectivity index (χ0) is 45.1. The molecule has 1 aromatic heterocycles. The summed E-state index contributed by atoms with van der Waals surface area (Å²) in [7, 11) is 0. The molecule has 0 bridgehead atoms. The molecule has 0 unspecified atom stereocenters. The van der Waals surface area contributed by atoms with E-state index in [1.165, 1.54) is 61.2 Å². The van der Waals surface area contributed by atoms with E-state index in [0.717, 1.165) is 33.4 Å². The van der Waals surface area contributed by atoms with E-state index in [9.17, 15) is 0 Å². The molecule has 1 heterocycles. The standard InChI is InChI=1S/C65H43N3/c1-5-19-44(20-6-1)45-33-37-48(38-34-45)62-66-61(47-21-7-2-8-22-47)67-63(68-62)49-39-35-46(36-40-49)50-41-42-56-54(43-50)53-27-13-14-28-55(53)65(56)59-31-17-15-29-57(59)64(51-23-9-3-10-24-51,52-25-11-4-12-26-52)58-30-16-18-32-60(58)65/h1-43H. The van der Waals surface area contributed by atoms with Gasteiger partial charge >= 0.3 is 0 Å². The van der Waals surface area contributed by atoms with Gasteiger partial charge in [-0.15, -0.1) is 0 Å². The number of hydrogen-bond acceptors (Lipinski definition) is 3. The Balaban J connectivity index is 0.933. The van der Waals surface area contributed by atoms with E-state index in [4.69, 9.17) is 15.0 Å². The highest BCUT2D eigenvalue weighted by Crippen LogP contribution is 2.64. The fourth-order valence-corrected chi connectivity index (χ4v) is 11.4. The highest BCUT2D eigenvalue weighted by atomic mass is 15.0. The SMILES string of the molecule is c1ccc(-c2ccc(-c3nc(-c4ccccc4)nc(-c4ccc(-c5ccc6c(c5)-c5ccccc5C65c6ccccc6C(c6ccccc6)(c6ccccc6)c6ccccc65)cc4)n3)cc2)cc1. The lowest BCUT2D eigenvalue weighted by atomic mass is 9.51. The highest BCUT2D eigenvalue weighted by molar-refractivity contribution is 5.91. The molecule has 0 fully saturated rings. The van der Waals surface area contributed by atoms with Gasteiger partial charge in [-0.05, 0) is 84.0 Å². The number of fused-ring (bicyclic) bond motifs is 9. The van der Waals surface area contributed by atoms with Crippen molar-refractivity contribution in [3.05, 3.63) is 305 Å². The van der Waals surface area contributed by atoms with Gasteiger partial charge in [-0.25, -0.2) is 15.0 Å². The van der Waals surface area contributed by atoms with E-state index in [0.29, 0.717) is 17.5 Å². The Morgan fingerprint density at radius 1 is 0.206 bits per heavy atom. The maximum atomic E-state index is 5.09. The van der Waals surface area contributed by atoms with Crippen LogP contribution >= 0.6 is 0 Å². The monoisotopic (exact) mass is 865 g/mol. The van der Waals surface area contributed by atoms with Crippen molar-refractivity contribution in [1.82, 2.24) is 15.0 Å². The summed E-state index contributed by atoms with van der Waals surface area (Å²) in [5, 5.41) is 0. The molecule has 3 heteroatoms. The zero-order valence-electron chi connectivity index (χ0n) is 37.2. The first-order valence-electron chi connectivity index (χ1n) is 23.3. The summed E-state index contributed by atoms with van der Waals surface area (Å²) in [6, 6.07) is 94.6. The van der Waals surface area contributed by atoms with Crippen LogP contribution in [0.2, 0.25) is 0 Å². The van der Waals surface area contributed by atoms with Crippen LogP contribution in [0, 0.1) is 0 Å². The molecule has 13 rings (SSSR count). The summed E-state index contributed by atoms with van der Waals surface area (Å²) in [5.41, 5.74) is 19.2. The first-order valence-corrected chi connectivity index (χ1v) is 23.3. The maximum absolute atomic E-state index is 5.09. The summed E-state index contributed by atoms with van der Waals surface area (Å²) >= 11 is 0. The Kier molecular flexibility index (Phi) is 9.29. The first kappa shape index (κ1) is 39.6. The molecule has 0 N–H and O–H groups in total. The molecule has 0 aliphatic heterocycles. The number of benzene rings is 10. The quantitative estimate of drug-likeness (QED) is 0.160. The van der Waals surface area contributed by atoms with Crippen molar-refractivity contribution in [3.63, 3.8) is 0 Å².